The van der Waals surface area contributed by atoms with Crippen molar-refractivity contribution in [1.82, 2.24) is 10.3 Å². The summed E-state index contributed by atoms with van der Waals surface area (Å²) >= 11 is 0. The van der Waals surface area contributed by atoms with Crippen molar-refractivity contribution in [3.8, 4) is 5.75 Å². The number of amides is 2. The first kappa shape index (κ1) is 17.2. The van der Waals surface area contributed by atoms with Crippen LogP contribution >= 0.6 is 0 Å². The predicted octanol–water partition coefficient (Wildman–Crippen LogP) is 3.10. The van der Waals surface area contributed by atoms with E-state index >= 15 is 0 Å². The highest BCUT2D eigenvalue weighted by Crippen LogP contribution is 2.26. The zero-order valence-corrected chi connectivity index (χ0v) is 13.7. The highest BCUT2D eigenvalue weighted by molar-refractivity contribution is 5.90. The SMILES string of the molecule is O=C(NCc1ccncc1)Nc1cc(F)ccc1OC[C@@H]1CCCO1. The molecule has 1 aromatic heterocycles. The van der Waals surface area contributed by atoms with Gasteiger partial charge in [0.15, 0.2) is 0 Å². The molecule has 132 valence electrons. The van der Waals surface area contributed by atoms with Gasteiger partial charge in [-0.15, -0.1) is 0 Å². The Morgan fingerprint density at radius 1 is 1.32 bits per heavy atom. The van der Waals surface area contributed by atoms with Crippen molar-refractivity contribution in [2.24, 2.45) is 0 Å². The number of urea groups is 1. The van der Waals surface area contributed by atoms with Crippen molar-refractivity contribution in [1.29, 1.82) is 0 Å². The van der Waals surface area contributed by atoms with Crippen LogP contribution in [0.4, 0.5) is 14.9 Å². The maximum Gasteiger partial charge on any atom is 0.319 e. The molecule has 2 aromatic rings. The molecular weight excluding hydrogens is 325 g/mol. The summed E-state index contributed by atoms with van der Waals surface area (Å²) < 4.78 is 24.7. The number of aromatic nitrogens is 1. The summed E-state index contributed by atoms with van der Waals surface area (Å²) in [4.78, 5) is 16.0. The van der Waals surface area contributed by atoms with E-state index in [1.807, 2.05) is 0 Å². The average molecular weight is 345 g/mol. The van der Waals surface area contributed by atoms with Crippen molar-refractivity contribution >= 4 is 11.7 Å². The van der Waals surface area contributed by atoms with Crippen LogP contribution in [0, 0.1) is 5.82 Å². The number of anilines is 1. The standard InChI is InChI=1S/C18H20FN3O3/c19-14-3-4-17(25-12-15-2-1-9-24-15)16(10-14)22-18(23)21-11-13-5-7-20-8-6-13/h3-8,10,15H,1-2,9,11-12H2,(H2,21,22,23)/t15-/m0/s1. The van der Waals surface area contributed by atoms with Crippen molar-refractivity contribution in [2.75, 3.05) is 18.5 Å². The second-order valence-corrected chi connectivity index (χ2v) is 5.75. The Labute approximate surface area is 145 Å². The number of halogens is 1. The van der Waals surface area contributed by atoms with Gasteiger partial charge in [0.1, 0.15) is 18.2 Å². The van der Waals surface area contributed by atoms with Gasteiger partial charge >= 0.3 is 6.03 Å². The average Bonchev–Trinajstić information content (AvgIpc) is 3.14. The van der Waals surface area contributed by atoms with E-state index in [-0.39, 0.29) is 11.8 Å². The third-order valence-electron chi connectivity index (χ3n) is 3.84. The summed E-state index contributed by atoms with van der Waals surface area (Å²) in [5.41, 5.74) is 1.20. The second kappa shape index (κ2) is 8.43. The predicted molar refractivity (Wildman–Crippen MR) is 91.0 cm³/mol. The molecule has 0 spiro atoms. The number of ether oxygens (including phenoxy) is 2. The molecule has 2 heterocycles. The molecule has 0 aliphatic carbocycles. The van der Waals surface area contributed by atoms with Crippen LogP contribution in [0.5, 0.6) is 5.75 Å². The molecule has 1 aliphatic rings. The number of hydrogen-bond donors (Lipinski definition) is 2. The van der Waals surface area contributed by atoms with E-state index in [0.29, 0.717) is 18.9 Å². The van der Waals surface area contributed by atoms with Crippen LogP contribution in [0.15, 0.2) is 42.7 Å². The number of pyridine rings is 1. The number of nitrogens with zero attached hydrogens (tertiary/aromatic N) is 1. The van der Waals surface area contributed by atoms with Gasteiger partial charge in [-0.1, -0.05) is 0 Å². The third-order valence-corrected chi connectivity index (χ3v) is 3.84. The fourth-order valence-corrected chi connectivity index (χ4v) is 2.53. The molecule has 6 nitrogen and oxygen atoms in total. The number of hydrogen-bond acceptors (Lipinski definition) is 4. The zero-order chi connectivity index (χ0) is 17.5. The first-order valence-electron chi connectivity index (χ1n) is 8.18. The molecule has 2 amide bonds. The van der Waals surface area contributed by atoms with E-state index in [9.17, 15) is 9.18 Å². The summed E-state index contributed by atoms with van der Waals surface area (Å²) in [6, 6.07) is 7.20. The topological polar surface area (TPSA) is 72.5 Å². The van der Waals surface area contributed by atoms with Crippen molar-refractivity contribution in [2.45, 2.75) is 25.5 Å². The minimum absolute atomic E-state index is 0.0402. The summed E-state index contributed by atoms with van der Waals surface area (Å²) in [7, 11) is 0. The van der Waals surface area contributed by atoms with Crippen molar-refractivity contribution < 1.29 is 18.7 Å². The van der Waals surface area contributed by atoms with E-state index < -0.39 is 11.8 Å². The normalized spacial score (nSPS) is 16.4. The molecule has 0 bridgehead atoms. The van der Waals surface area contributed by atoms with Crippen LogP contribution in [0.2, 0.25) is 0 Å². The number of carbonyl (C=O) groups is 1. The molecular formula is C18H20FN3O3. The Morgan fingerprint density at radius 2 is 2.16 bits per heavy atom. The minimum atomic E-state index is -0.450. The van der Waals surface area contributed by atoms with E-state index in [1.54, 1.807) is 24.5 Å². The van der Waals surface area contributed by atoms with Crippen LogP contribution in [0.25, 0.3) is 0 Å². The van der Waals surface area contributed by atoms with Crippen LogP contribution < -0.4 is 15.4 Å². The summed E-state index contributed by atoms with van der Waals surface area (Å²) in [5, 5.41) is 5.34. The van der Waals surface area contributed by atoms with Gasteiger partial charge in [0, 0.05) is 31.6 Å². The Hall–Kier alpha value is -2.67. The first-order valence-corrected chi connectivity index (χ1v) is 8.18. The molecule has 0 unspecified atom stereocenters. The molecule has 1 fully saturated rings. The molecule has 1 saturated heterocycles. The van der Waals surface area contributed by atoms with Crippen molar-refractivity contribution in [3.63, 3.8) is 0 Å². The largest absolute Gasteiger partial charge is 0.489 e. The summed E-state index contributed by atoms with van der Waals surface area (Å²) in [5.74, 6) is -0.0372. The first-order chi connectivity index (χ1) is 12.2. The number of rotatable bonds is 6. The van der Waals surface area contributed by atoms with E-state index in [4.69, 9.17) is 9.47 Å². The number of benzene rings is 1. The Kier molecular flexibility index (Phi) is 5.79. The maximum absolute atomic E-state index is 13.5. The van der Waals surface area contributed by atoms with Gasteiger partial charge in [0.25, 0.3) is 0 Å². The number of nitrogens with one attached hydrogen (secondary N) is 2. The highest BCUT2D eigenvalue weighted by Gasteiger charge is 2.17. The lowest BCUT2D eigenvalue weighted by Crippen LogP contribution is -2.28. The van der Waals surface area contributed by atoms with Gasteiger partial charge in [0.2, 0.25) is 0 Å². The monoisotopic (exact) mass is 345 g/mol. The van der Waals surface area contributed by atoms with Gasteiger partial charge in [-0.2, -0.15) is 0 Å². The van der Waals surface area contributed by atoms with Crippen molar-refractivity contribution in [3.05, 3.63) is 54.1 Å². The fraction of sp³-hybridized carbons (Fsp3) is 0.333. The van der Waals surface area contributed by atoms with Gasteiger partial charge in [0.05, 0.1) is 11.8 Å². The second-order valence-electron chi connectivity index (χ2n) is 5.75. The van der Waals surface area contributed by atoms with E-state index in [1.165, 1.54) is 18.2 Å². The smallest absolute Gasteiger partial charge is 0.319 e. The summed E-state index contributed by atoms with van der Waals surface area (Å²) in [6.45, 7) is 1.45. The van der Waals surface area contributed by atoms with Gasteiger partial charge in [-0.25, -0.2) is 9.18 Å². The summed E-state index contributed by atoms with van der Waals surface area (Å²) in [6.07, 6.45) is 5.30. The molecule has 0 saturated carbocycles. The quantitative estimate of drug-likeness (QED) is 0.844. The Morgan fingerprint density at radius 3 is 2.92 bits per heavy atom. The third kappa shape index (κ3) is 5.15. The molecule has 0 radical (unpaired) electrons. The van der Waals surface area contributed by atoms with Crippen LogP contribution in [-0.2, 0) is 11.3 Å². The molecule has 1 aliphatic heterocycles. The molecule has 7 heteroatoms. The van der Waals surface area contributed by atoms with Crippen LogP contribution in [0.1, 0.15) is 18.4 Å². The van der Waals surface area contributed by atoms with Crippen LogP contribution in [0.3, 0.4) is 0 Å². The molecule has 2 N–H and O–H groups in total. The van der Waals surface area contributed by atoms with E-state index in [0.717, 1.165) is 25.0 Å². The number of carbonyl (C=O) groups excluding carboxylic acids is 1. The maximum atomic E-state index is 13.5. The lowest BCUT2D eigenvalue weighted by Gasteiger charge is -2.15. The lowest BCUT2D eigenvalue weighted by molar-refractivity contribution is 0.0682. The highest BCUT2D eigenvalue weighted by atomic mass is 19.1. The molecule has 1 aromatic carbocycles. The fourth-order valence-electron chi connectivity index (χ4n) is 2.53. The van der Waals surface area contributed by atoms with Gasteiger partial charge in [-0.3, -0.25) is 4.98 Å². The van der Waals surface area contributed by atoms with Gasteiger partial charge < -0.3 is 20.1 Å². The Balaban J connectivity index is 1.57. The zero-order valence-electron chi connectivity index (χ0n) is 13.7. The van der Waals surface area contributed by atoms with Gasteiger partial charge in [-0.05, 0) is 42.7 Å². The van der Waals surface area contributed by atoms with Crippen LogP contribution in [-0.4, -0.2) is 30.3 Å². The lowest BCUT2D eigenvalue weighted by atomic mass is 10.2. The Bertz CT molecular complexity index is 706. The molecule has 1 atom stereocenters. The molecule has 25 heavy (non-hydrogen) atoms. The molecule has 3 rings (SSSR count). The minimum Gasteiger partial charge on any atom is -0.489 e. The van der Waals surface area contributed by atoms with E-state index in [2.05, 4.69) is 15.6 Å².